The molecule has 0 aliphatic heterocycles. The largest absolute Gasteiger partial charge is 0.424 e. The van der Waals surface area contributed by atoms with Crippen molar-refractivity contribution in [2.75, 3.05) is 0 Å². The first-order valence-electron chi connectivity index (χ1n) is 6.37. The third-order valence-electron chi connectivity index (χ3n) is 3.11. The zero-order valence-electron chi connectivity index (χ0n) is 11.1. The molecule has 1 unspecified atom stereocenters. The molecule has 0 saturated carbocycles. The minimum atomic E-state index is 0.338. The van der Waals surface area contributed by atoms with Crippen LogP contribution in [-0.4, -0.2) is 9.97 Å². The highest BCUT2D eigenvalue weighted by molar-refractivity contribution is 6.17. The highest BCUT2D eigenvalue weighted by atomic mass is 35.5. The molecule has 0 radical (unpaired) electrons. The van der Waals surface area contributed by atoms with E-state index in [-0.39, 0.29) is 0 Å². The van der Waals surface area contributed by atoms with E-state index < -0.39 is 0 Å². The molecule has 19 heavy (non-hydrogen) atoms. The normalized spacial score (nSPS) is 12.2. The summed E-state index contributed by atoms with van der Waals surface area (Å²) in [4.78, 5) is 8.20. The van der Waals surface area contributed by atoms with E-state index in [1.807, 2.05) is 12.1 Å². The molecule has 0 amide bonds. The van der Waals surface area contributed by atoms with Crippen molar-refractivity contribution in [3.8, 4) is 11.8 Å². The predicted molar refractivity (Wildman–Crippen MR) is 76.8 cm³/mol. The lowest BCUT2D eigenvalue weighted by atomic mass is 9.99. The maximum Gasteiger partial charge on any atom is 0.321 e. The third kappa shape index (κ3) is 3.67. The number of hydrogen-bond acceptors (Lipinski definition) is 3. The van der Waals surface area contributed by atoms with Crippen LogP contribution in [0.25, 0.3) is 0 Å². The molecule has 0 spiro atoms. The monoisotopic (exact) mass is 276 g/mol. The maximum atomic E-state index is 5.68. The van der Waals surface area contributed by atoms with E-state index in [4.69, 9.17) is 16.3 Å². The Bertz CT molecular complexity index is 511. The van der Waals surface area contributed by atoms with Crippen LogP contribution in [0.15, 0.2) is 36.7 Å². The molecule has 0 saturated heterocycles. The Labute approximate surface area is 118 Å². The van der Waals surface area contributed by atoms with Crippen molar-refractivity contribution < 1.29 is 4.74 Å². The van der Waals surface area contributed by atoms with Crippen molar-refractivity contribution in [2.45, 2.75) is 32.1 Å². The van der Waals surface area contributed by atoms with E-state index in [0.29, 0.717) is 17.8 Å². The Morgan fingerprint density at radius 2 is 1.79 bits per heavy atom. The van der Waals surface area contributed by atoms with Gasteiger partial charge in [-0.3, -0.25) is 0 Å². The van der Waals surface area contributed by atoms with Gasteiger partial charge in [0.2, 0.25) is 0 Å². The Morgan fingerprint density at radius 3 is 2.32 bits per heavy atom. The van der Waals surface area contributed by atoms with Gasteiger partial charge in [0.1, 0.15) is 5.75 Å². The van der Waals surface area contributed by atoms with Crippen LogP contribution in [0.5, 0.6) is 11.8 Å². The molecule has 100 valence electrons. The number of aromatic nitrogens is 2. The molecule has 0 aliphatic carbocycles. The average Bonchev–Trinajstić information content (AvgIpc) is 2.48. The van der Waals surface area contributed by atoms with Gasteiger partial charge in [-0.1, -0.05) is 26.0 Å². The van der Waals surface area contributed by atoms with Crippen LogP contribution in [-0.2, 0) is 5.88 Å². The van der Waals surface area contributed by atoms with Crippen molar-refractivity contribution in [1.82, 2.24) is 9.97 Å². The smallest absolute Gasteiger partial charge is 0.321 e. The highest BCUT2D eigenvalue weighted by Gasteiger charge is 2.04. The lowest BCUT2D eigenvalue weighted by Crippen LogP contribution is -1.94. The summed E-state index contributed by atoms with van der Waals surface area (Å²) < 4.78 is 5.58. The van der Waals surface area contributed by atoms with Crippen LogP contribution in [0.2, 0.25) is 0 Å². The van der Waals surface area contributed by atoms with Gasteiger partial charge in [-0.2, -0.15) is 0 Å². The van der Waals surface area contributed by atoms with Gasteiger partial charge in [-0.15, -0.1) is 11.6 Å². The molecule has 1 aromatic carbocycles. The first-order valence-corrected chi connectivity index (χ1v) is 6.91. The quantitative estimate of drug-likeness (QED) is 0.753. The van der Waals surface area contributed by atoms with Crippen molar-refractivity contribution in [3.63, 3.8) is 0 Å². The Balaban J connectivity index is 2.06. The molecule has 0 bridgehead atoms. The zero-order chi connectivity index (χ0) is 13.7. The van der Waals surface area contributed by atoms with Crippen LogP contribution in [0.1, 0.15) is 37.3 Å². The van der Waals surface area contributed by atoms with E-state index in [2.05, 4.69) is 35.9 Å². The summed E-state index contributed by atoms with van der Waals surface area (Å²) in [5, 5.41) is 0. The summed E-state index contributed by atoms with van der Waals surface area (Å²) in [5.74, 6) is 1.71. The summed E-state index contributed by atoms with van der Waals surface area (Å²) >= 11 is 5.68. The number of rotatable bonds is 5. The van der Waals surface area contributed by atoms with Crippen molar-refractivity contribution in [1.29, 1.82) is 0 Å². The predicted octanol–water partition coefficient (Wildman–Crippen LogP) is 4.52. The first kappa shape index (κ1) is 13.8. The number of hydrogen-bond donors (Lipinski definition) is 0. The summed E-state index contributed by atoms with van der Waals surface area (Å²) in [7, 11) is 0. The van der Waals surface area contributed by atoms with Gasteiger partial charge >= 0.3 is 6.01 Å². The molecule has 0 aliphatic rings. The van der Waals surface area contributed by atoms with Crippen LogP contribution in [0.4, 0.5) is 0 Å². The molecule has 1 heterocycles. The third-order valence-corrected chi connectivity index (χ3v) is 3.42. The molecular weight excluding hydrogens is 260 g/mol. The van der Waals surface area contributed by atoms with Crippen molar-refractivity contribution >= 4 is 11.6 Å². The second-order valence-electron chi connectivity index (χ2n) is 4.49. The fourth-order valence-electron chi connectivity index (χ4n) is 1.67. The minimum Gasteiger partial charge on any atom is -0.424 e. The molecule has 2 aromatic rings. The minimum absolute atomic E-state index is 0.338. The summed E-state index contributed by atoms with van der Waals surface area (Å²) in [6, 6.07) is 8.39. The second kappa shape index (κ2) is 6.53. The van der Waals surface area contributed by atoms with Gasteiger partial charge in [-0.25, -0.2) is 9.97 Å². The molecular formula is C15H17ClN2O. The maximum absolute atomic E-state index is 5.68. The van der Waals surface area contributed by atoms with Crippen LogP contribution >= 0.6 is 11.6 Å². The number of halogens is 1. The van der Waals surface area contributed by atoms with E-state index in [0.717, 1.165) is 17.7 Å². The summed E-state index contributed by atoms with van der Waals surface area (Å²) in [6.45, 7) is 4.39. The van der Waals surface area contributed by atoms with E-state index in [9.17, 15) is 0 Å². The van der Waals surface area contributed by atoms with Gasteiger partial charge < -0.3 is 4.74 Å². The van der Waals surface area contributed by atoms with Gasteiger partial charge in [-0.05, 0) is 30.0 Å². The highest BCUT2D eigenvalue weighted by Crippen LogP contribution is 2.23. The number of ether oxygens (including phenoxy) is 1. The van der Waals surface area contributed by atoms with Crippen molar-refractivity contribution in [2.24, 2.45) is 0 Å². The topological polar surface area (TPSA) is 35.0 Å². The Hall–Kier alpha value is -1.61. The number of nitrogens with zero attached hydrogens (tertiary/aromatic N) is 2. The lowest BCUT2D eigenvalue weighted by Gasteiger charge is -2.09. The summed E-state index contributed by atoms with van der Waals surface area (Å²) in [5.41, 5.74) is 2.19. The molecule has 0 N–H and O–H groups in total. The number of alkyl halides is 1. The molecule has 4 heteroatoms. The van der Waals surface area contributed by atoms with Gasteiger partial charge in [0.15, 0.2) is 0 Å². The van der Waals surface area contributed by atoms with Crippen LogP contribution in [0, 0.1) is 0 Å². The van der Waals surface area contributed by atoms with Gasteiger partial charge in [0.05, 0.1) is 5.88 Å². The molecule has 1 aromatic heterocycles. The van der Waals surface area contributed by atoms with Crippen molar-refractivity contribution in [3.05, 3.63) is 47.8 Å². The van der Waals surface area contributed by atoms with E-state index >= 15 is 0 Å². The van der Waals surface area contributed by atoms with Crippen LogP contribution in [0.3, 0.4) is 0 Å². The SMILES string of the molecule is CCC(C)c1ccc(Oc2ncc(CCl)cn2)cc1. The standard InChI is InChI=1S/C15H17ClN2O/c1-3-11(2)13-4-6-14(7-5-13)19-15-17-9-12(8-16)10-18-15/h4-7,9-11H,3,8H2,1-2H3. The molecule has 0 fully saturated rings. The van der Waals surface area contributed by atoms with E-state index in [1.165, 1.54) is 5.56 Å². The molecule has 1 atom stereocenters. The Kier molecular flexibility index (Phi) is 4.74. The van der Waals surface area contributed by atoms with Gasteiger partial charge in [0.25, 0.3) is 0 Å². The number of benzene rings is 1. The summed E-state index contributed by atoms with van der Waals surface area (Å²) in [6.07, 6.45) is 4.47. The fraction of sp³-hybridized carbons (Fsp3) is 0.333. The fourth-order valence-corrected chi connectivity index (χ4v) is 1.81. The zero-order valence-corrected chi connectivity index (χ0v) is 11.9. The lowest BCUT2D eigenvalue weighted by molar-refractivity contribution is 0.441. The first-order chi connectivity index (χ1) is 9.22. The van der Waals surface area contributed by atoms with Crippen LogP contribution < -0.4 is 4.74 Å². The molecule has 2 rings (SSSR count). The van der Waals surface area contributed by atoms with Gasteiger partial charge in [0, 0.05) is 18.0 Å². The van der Waals surface area contributed by atoms with E-state index in [1.54, 1.807) is 12.4 Å². The molecule has 3 nitrogen and oxygen atoms in total. The second-order valence-corrected chi connectivity index (χ2v) is 4.76. The Morgan fingerprint density at radius 1 is 1.16 bits per heavy atom. The average molecular weight is 277 g/mol.